The Hall–Kier alpha value is -2.89. The number of nitrogens with one attached hydrogen (secondary N) is 1. The predicted molar refractivity (Wildman–Crippen MR) is 99.6 cm³/mol. The third kappa shape index (κ3) is 4.39. The summed E-state index contributed by atoms with van der Waals surface area (Å²) >= 11 is 2.16. The molecule has 1 aliphatic rings. The van der Waals surface area contributed by atoms with Gasteiger partial charge in [0.05, 0.1) is 22.8 Å². The number of halogens is 1. The van der Waals surface area contributed by atoms with Crippen LogP contribution >= 0.6 is 22.6 Å². The Morgan fingerprint density at radius 1 is 1.31 bits per heavy atom. The van der Waals surface area contributed by atoms with E-state index >= 15 is 0 Å². The highest BCUT2D eigenvalue weighted by molar-refractivity contribution is 14.1. The minimum Gasteiger partial charge on any atom is -0.484 e. The summed E-state index contributed by atoms with van der Waals surface area (Å²) in [5.74, 6) is 0.730. The number of ether oxygens (including phenoxy) is 3. The maximum atomic E-state index is 11.7. The highest BCUT2D eigenvalue weighted by atomic mass is 127. The second-order valence-corrected chi connectivity index (χ2v) is 6.30. The molecule has 0 aromatic heterocycles. The lowest BCUT2D eigenvalue weighted by Crippen LogP contribution is -2.24. The van der Waals surface area contributed by atoms with E-state index in [-0.39, 0.29) is 24.7 Å². The molecule has 3 rings (SSSR count). The van der Waals surface area contributed by atoms with Crippen molar-refractivity contribution in [3.05, 3.63) is 55.6 Å². The normalized spacial score (nSPS) is 12.2. The van der Waals surface area contributed by atoms with Gasteiger partial charge in [-0.05, 0) is 52.9 Å². The molecule has 10 heteroatoms. The Bertz CT molecular complexity index is 869. The third-order valence-electron chi connectivity index (χ3n) is 3.30. The Labute approximate surface area is 161 Å². The Kier molecular flexibility index (Phi) is 5.51. The molecule has 0 unspecified atom stereocenters. The lowest BCUT2D eigenvalue weighted by atomic mass is 10.1. The average molecular weight is 469 g/mol. The summed E-state index contributed by atoms with van der Waals surface area (Å²) in [6.07, 6.45) is 1.17. The van der Waals surface area contributed by atoms with E-state index in [1.807, 2.05) is 12.1 Å². The van der Waals surface area contributed by atoms with Crippen LogP contribution in [-0.4, -0.2) is 30.4 Å². The molecule has 0 bridgehead atoms. The molecule has 1 aliphatic heterocycles. The van der Waals surface area contributed by atoms with Gasteiger partial charge < -0.3 is 14.2 Å². The number of nitro groups is 1. The SMILES string of the molecule is O=C(COc1ccc(I)cc1)N/N=C/c1cc2c(cc1[N+](=O)[O-])OCO2. The van der Waals surface area contributed by atoms with E-state index in [0.717, 1.165) is 3.57 Å². The number of amides is 1. The fourth-order valence-corrected chi connectivity index (χ4v) is 2.45. The van der Waals surface area contributed by atoms with Crippen molar-refractivity contribution >= 4 is 40.4 Å². The number of fused-ring (bicyclic) bond motifs is 1. The van der Waals surface area contributed by atoms with Crippen molar-refractivity contribution in [1.29, 1.82) is 0 Å². The molecule has 0 radical (unpaired) electrons. The van der Waals surface area contributed by atoms with Gasteiger partial charge >= 0.3 is 0 Å². The highest BCUT2D eigenvalue weighted by Crippen LogP contribution is 2.37. The average Bonchev–Trinajstić information content (AvgIpc) is 3.08. The minimum absolute atomic E-state index is 0.000301. The smallest absolute Gasteiger partial charge is 0.282 e. The van der Waals surface area contributed by atoms with Crippen LogP contribution in [0.5, 0.6) is 17.2 Å². The fourth-order valence-electron chi connectivity index (χ4n) is 2.09. The molecule has 0 saturated heterocycles. The van der Waals surface area contributed by atoms with Gasteiger partial charge in [0.25, 0.3) is 11.6 Å². The van der Waals surface area contributed by atoms with Crippen LogP contribution in [0, 0.1) is 13.7 Å². The molecule has 9 nitrogen and oxygen atoms in total. The number of carbonyl (C=O) groups is 1. The highest BCUT2D eigenvalue weighted by Gasteiger charge is 2.22. The van der Waals surface area contributed by atoms with Gasteiger partial charge in [0.1, 0.15) is 5.75 Å². The van der Waals surface area contributed by atoms with Crippen molar-refractivity contribution in [1.82, 2.24) is 5.43 Å². The Morgan fingerprint density at radius 2 is 2.00 bits per heavy atom. The van der Waals surface area contributed by atoms with Crippen LogP contribution in [0.4, 0.5) is 5.69 Å². The standard InChI is InChI=1S/C16H12IN3O6/c17-11-1-3-12(4-2-11)24-8-16(21)19-18-7-10-5-14-15(26-9-25-14)6-13(10)20(22)23/h1-7H,8-9H2,(H,19,21)/b18-7+. The summed E-state index contributed by atoms with van der Waals surface area (Å²) in [5.41, 5.74) is 2.23. The van der Waals surface area contributed by atoms with Gasteiger partial charge in [-0.2, -0.15) is 5.10 Å². The Balaban J connectivity index is 1.60. The third-order valence-corrected chi connectivity index (χ3v) is 4.01. The van der Waals surface area contributed by atoms with E-state index in [4.69, 9.17) is 14.2 Å². The molecule has 2 aromatic rings. The van der Waals surface area contributed by atoms with Crippen molar-refractivity contribution in [2.75, 3.05) is 13.4 Å². The summed E-state index contributed by atoms with van der Waals surface area (Å²) in [7, 11) is 0. The molecule has 0 atom stereocenters. The van der Waals surface area contributed by atoms with E-state index in [2.05, 4.69) is 33.1 Å². The van der Waals surface area contributed by atoms with Gasteiger partial charge in [-0.15, -0.1) is 0 Å². The first kappa shape index (κ1) is 17.9. The summed E-state index contributed by atoms with van der Waals surface area (Å²) in [4.78, 5) is 22.3. The van der Waals surface area contributed by atoms with Gasteiger partial charge in [-0.25, -0.2) is 5.43 Å². The van der Waals surface area contributed by atoms with Crippen LogP contribution < -0.4 is 19.6 Å². The van der Waals surface area contributed by atoms with Crippen LogP contribution in [0.3, 0.4) is 0 Å². The van der Waals surface area contributed by atoms with Gasteiger partial charge in [0.2, 0.25) is 6.79 Å². The van der Waals surface area contributed by atoms with Crippen molar-refractivity contribution in [2.24, 2.45) is 5.10 Å². The zero-order valence-corrected chi connectivity index (χ0v) is 15.3. The van der Waals surface area contributed by atoms with Crippen molar-refractivity contribution < 1.29 is 23.9 Å². The first-order valence-electron chi connectivity index (χ1n) is 7.31. The lowest BCUT2D eigenvalue weighted by Gasteiger charge is -2.05. The molecule has 134 valence electrons. The number of carbonyl (C=O) groups excluding carboxylic acids is 1. The van der Waals surface area contributed by atoms with Crippen LogP contribution in [0.25, 0.3) is 0 Å². The molecule has 26 heavy (non-hydrogen) atoms. The number of hydrogen-bond acceptors (Lipinski definition) is 7. The fraction of sp³-hybridized carbons (Fsp3) is 0.125. The second-order valence-electron chi connectivity index (χ2n) is 5.06. The molecule has 0 aliphatic carbocycles. The van der Waals surface area contributed by atoms with Crippen LogP contribution in [0.1, 0.15) is 5.56 Å². The molecule has 0 spiro atoms. The second kappa shape index (κ2) is 7.99. The zero-order valence-electron chi connectivity index (χ0n) is 13.2. The zero-order chi connectivity index (χ0) is 18.5. The van der Waals surface area contributed by atoms with Crippen molar-refractivity contribution in [2.45, 2.75) is 0 Å². The molecule has 1 amide bonds. The maximum absolute atomic E-state index is 11.7. The number of hydrogen-bond donors (Lipinski definition) is 1. The molecule has 1 heterocycles. The first-order valence-corrected chi connectivity index (χ1v) is 8.39. The number of nitro benzene ring substituents is 1. The van der Waals surface area contributed by atoms with Crippen LogP contribution in [-0.2, 0) is 4.79 Å². The van der Waals surface area contributed by atoms with Crippen molar-refractivity contribution in [3.8, 4) is 17.2 Å². The van der Waals surface area contributed by atoms with Crippen LogP contribution in [0.15, 0.2) is 41.5 Å². The van der Waals surface area contributed by atoms with Crippen LogP contribution in [0.2, 0.25) is 0 Å². The number of nitrogens with zero attached hydrogens (tertiary/aromatic N) is 2. The topological polar surface area (TPSA) is 112 Å². The van der Waals surface area contributed by atoms with E-state index in [1.165, 1.54) is 18.3 Å². The van der Waals surface area contributed by atoms with E-state index in [0.29, 0.717) is 17.2 Å². The minimum atomic E-state index is -0.564. The molecule has 2 aromatic carbocycles. The van der Waals surface area contributed by atoms with E-state index in [1.54, 1.807) is 12.1 Å². The molecule has 0 saturated carbocycles. The quantitative estimate of drug-likeness (QED) is 0.301. The molecule has 1 N–H and O–H groups in total. The number of rotatable bonds is 6. The van der Waals surface area contributed by atoms with E-state index < -0.39 is 10.8 Å². The van der Waals surface area contributed by atoms with Gasteiger partial charge in [-0.1, -0.05) is 0 Å². The summed E-state index contributed by atoms with van der Waals surface area (Å²) in [6.45, 7) is -0.235. The summed E-state index contributed by atoms with van der Waals surface area (Å²) < 4.78 is 16.7. The lowest BCUT2D eigenvalue weighted by molar-refractivity contribution is -0.385. The maximum Gasteiger partial charge on any atom is 0.282 e. The van der Waals surface area contributed by atoms with Crippen molar-refractivity contribution in [3.63, 3.8) is 0 Å². The number of hydrazone groups is 1. The first-order chi connectivity index (χ1) is 12.5. The van der Waals surface area contributed by atoms with E-state index in [9.17, 15) is 14.9 Å². The van der Waals surface area contributed by atoms with Gasteiger partial charge in [0, 0.05) is 3.57 Å². The van der Waals surface area contributed by atoms with Gasteiger partial charge in [0.15, 0.2) is 18.1 Å². The monoisotopic (exact) mass is 469 g/mol. The molecular weight excluding hydrogens is 457 g/mol. The Morgan fingerprint density at radius 3 is 2.69 bits per heavy atom. The molecular formula is C16H12IN3O6. The largest absolute Gasteiger partial charge is 0.484 e. The summed E-state index contributed by atoms with van der Waals surface area (Å²) in [6, 6.07) is 9.88. The summed E-state index contributed by atoms with van der Waals surface area (Å²) in [5, 5.41) is 14.9. The molecule has 0 fully saturated rings. The number of benzene rings is 2. The predicted octanol–water partition coefficient (Wildman–Crippen LogP) is 2.46. The van der Waals surface area contributed by atoms with Gasteiger partial charge in [-0.3, -0.25) is 14.9 Å².